The van der Waals surface area contributed by atoms with Gasteiger partial charge in [-0.1, -0.05) is 100 Å². The molecule has 0 rings (SSSR count). The lowest BCUT2D eigenvalue weighted by molar-refractivity contribution is 0.544. The second kappa shape index (κ2) is 14.3. The van der Waals surface area contributed by atoms with Crippen LogP contribution in [0, 0.1) is 0 Å². The summed E-state index contributed by atoms with van der Waals surface area (Å²) in [4.78, 5) is 0. The molecule has 0 atom stereocenters. The molecule has 0 radical (unpaired) electrons. The lowest BCUT2D eigenvalue weighted by Gasteiger charge is -2.02. The van der Waals surface area contributed by atoms with Gasteiger partial charge in [0.2, 0.25) is 0 Å². The standard InChI is InChI=1S/C16H31Br/c1-3-4-5-6-7-8-9-10-11-12-13-14-15-16(2)17/h2-15H2,1H3. The average Bonchev–Trinajstić information content (AvgIpc) is 2.30. The van der Waals surface area contributed by atoms with Gasteiger partial charge in [-0.05, 0) is 17.3 Å². The van der Waals surface area contributed by atoms with Crippen molar-refractivity contribution in [1.82, 2.24) is 0 Å². The van der Waals surface area contributed by atoms with Crippen molar-refractivity contribution < 1.29 is 0 Å². The van der Waals surface area contributed by atoms with Crippen molar-refractivity contribution in [3.8, 4) is 0 Å². The summed E-state index contributed by atoms with van der Waals surface area (Å²) >= 11 is 3.41. The van der Waals surface area contributed by atoms with Crippen molar-refractivity contribution in [3.05, 3.63) is 11.1 Å². The van der Waals surface area contributed by atoms with Crippen LogP contribution in [0.15, 0.2) is 11.1 Å². The Morgan fingerprint density at radius 2 is 1.06 bits per heavy atom. The normalized spacial score (nSPS) is 10.7. The zero-order chi connectivity index (χ0) is 12.8. The minimum atomic E-state index is 1.15. The maximum Gasteiger partial charge on any atom is -0.0121 e. The summed E-state index contributed by atoms with van der Waals surface area (Å²) in [5.74, 6) is 0. The Balaban J connectivity index is 2.91. The van der Waals surface area contributed by atoms with E-state index in [1.807, 2.05) is 0 Å². The van der Waals surface area contributed by atoms with Crippen LogP contribution in [0.2, 0.25) is 0 Å². The van der Waals surface area contributed by atoms with Gasteiger partial charge in [0.05, 0.1) is 0 Å². The molecule has 0 bridgehead atoms. The molecule has 0 saturated carbocycles. The highest BCUT2D eigenvalue weighted by Gasteiger charge is 1.93. The smallest absolute Gasteiger partial charge is 0.0121 e. The van der Waals surface area contributed by atoms with Gasteiger partial charge in [-0.25, -0.2) is 0 Å². The number of halogens is 1. The molecule has 0 nitrogen and oxygen atoms in total. The second-order valence-electron chi connectivity index (χ2n) is 5.16. The zero-order valence-corrected chi connectivity index (χ0v) is 13.4. The van der Waals surface area contributed by atoms with E-state index in [0.717, 1.165) is 10.9 Å². The number of hydrogen-bond donors (Lipinski definition) is 0. The topological polar surface area (TPSA) is 0 Å². The van der Waals surface area contributed by atoms with Crippen molar-refractivity contribution >= 4 is 15.9 Å². The second-order valence-corrected chi connectivity index (χ2v) is 6.28. The third-order valence-corrected chi connectivity index (χ3v) is 3.70. The highest BCUT2D eigenvalue weighted by molar-refractivity contribution is 9.11. The summed E-state index contributed by atoms with van der Waals surface area (Å²) in [6.45, 7) is 6.14. The Hall–Kier alpha value is 0.220. The minimum Gasteiger partial charge on any atom is -0.0889 e. The number of allylic oxidation sites excluding steroid dienone is 1. The first-order chi connectivity index (χ1) is 8.27. The van der Waals surface area contributed by atoms with Gasteiger partial charge >= 0.3 is 0 Å². The average molecular weight is 303 g/mol. The molecule has 0 aliphatic rings. The number of rotatable bonds is 13. The highest BCUT2D eigenvalue weighted by Crippen LogP contribution is 2.15. The van der Waals surface area contributed by atoms with E-state index in [1.165, 1.54) is 77.0 Å². The Labute approximate surface area is 117 Å². The molecule has 0 aliphatic carbocycles. The number of unbranched alkanes of at least 4 members (excludes halogenated alkanes) is 11. The van der Waals surface area contributed by atoms with Crippen LogP contribution in [-0.4, -0.2) is 0 Å². The molecule has 0 fully saturated rings. The quantitative estimate of drug-likeness (QED) is 0.322. The summed E-state index contributed by atoms with van der Waals surface area (Å²) in [6.07, 6.45) is 18.2. The van der Waals surface area contributed by atoms with Gasteiger partial charge in [0.1, 0.15) is 0 Å². The maximum absolute atomic E-state index is 3.86. The first kappa shape index (κ1) is 17.2. The summed E-state index contributed by atoms with van der Waals surface area (Å²) in [5.41, 5.74) is 0. The van der Waals surface area contributed by atoms with Crippen LogP contribution in [0.3, 0.4) is 0 Å². The molecule has 0 N–H and O–H groups in total. The molecular weight excluding hydrogens is 272 g/mol. The van der Waals surface area contributed by atoms with Gasteiger partial charge in [-0.2, -0.15) is 0 Å². The molecule has 0 aromatic carbocycles. The van der Waals surface area contributed by atoms with E-state index in [1.54, 1.807) is 0 Å². The Bertz CT molecular complexity index is 163. The predicted octanol–water partition coefficient (Wildman–Crippen LogP) is 6.99. The van der Waals surface area contributed by atoms with Crippen LogP contribution in [0.4, 0.5) is 0 Å². The summed E-state index contributed by atoms with van der Waals surface area (Å²) in [7, 11) is 0. The predicted molar refractivity (Wildman–Crippen MR) is 83.8 cm³/mol. The molecule has 0 saturated heterocycles. The first-order valence-electron chi connectivity index (χ1n) is 7.60. The van der Waals surface area contributed by atoms with Crippen LogP contribution in [0.5, 0.6) is 0 Å². The third kappa shape index (κ3) is 16.2. The van der Waals surface area contributed by atoms with Crippen LogP contribution in [0.25, 0.3) is 0 Å². The molecule has 0 amide bonds. The van der Waals surface area contributed by atoms with E-state index in [4.69, 9.17) is 0 Å². The molecule has 0 heterocycles. The number of hydrogen-bond acceptors (Lipinski definition) is 0. The Kier molecular flexibility index (Phi) is 14.5. The fourth-order valence-corrected chi connectivity index (χ4v) is 2.44. The monoisotopic (exact) mass is 302 g/mol. The van der Waals surface area contributed by atoms with E-state index >= 15 is 0 Å². The first-order valence-corrected chi connectivity index (χ1v) is 8.40. The minimum absolute atomic E-state index is 1.15. The lowest BCUT2D eigenvalue weighted by Crippen LogP contribution is -1.82. The van der Waals surface area contributed by atoms with Gasteiger partial charge in [0.15, 0.2) is 0 Å². The summed E-state index contributed by atoms with van der Waals surface area (Å²) in [6, 6.07) is 0. The highest BCUT2D eigenvalue weighted by atomic mass is 79.9. The molecular formula is C16H31Br. The Morgan fingerprint density at radius 3 is 1.41 bits per heavy atom. The van der Waals surface area contributed by atoms with Crippen LogP contribution >= 0.6 is 15.9 Å². The maximum atomic E-state index is 3.86. The fourth-order valence-electron chi connectivity index (χ4n) is 2.16. The van der Waals surface area contributed by atoms with E-state index in [0.29, 0.717) is 0 Å². The summed E-state index contributed by atoms with van der Waals surface area (Å²) < 4.78 is 1.16. The van der Waals surface area contributed by atoms with Gasteiger partial charge in [-0.3, -0.25) is 0 Å². The van der Waals surface area contributed by atoms with Crippen molar-refractivity contribution in [2.24, 2.45) is 0 Å². The molecule has 0 spiro atoms. The van der Waals surface area contributed by atoms with Crippen molar-refractivity contribution in [1.29, 1.82) is 0 Å². The molecule has 0 aliphatic heterocycles. The van der Waals surface area contributed by atoms with Gasteiger partial charge in [-0.15, -0.1) is 0 Å². The van der Waals surface area contributed by atoms with Crippen LogP contribution < -0.4 is 0 Å². The van der Waals surface area contributed by atoms with Gasteiger partial charge in [0.25, 0.3) is 0 Å². The van der Waals surface area contributed by atoms with Crippen molar-refractivity contribution in [2.45, 2.75) is 90.4 Å². The largest absolute Gasteiger partial charge is 0.0889 e. The molecule has 0 unspecified atom stereocenters. The van der Waals surface area contributed by atoms with E-state index in [2.05, 4.69) is 29.4 Å². The molecule has 1 heteroatoms. The summed E-state index contributed by atoms with van der Waals surface area (Å²) in [5, 5.41) is 0. The van der Waals surface area contributed by atoms with E-state index in [-0.39, 0.29) is 0 Å². The van der Waals surface area contributed by atoms with Crippen LogP contribution in [-0.2, 0) is 0 Å². The van der Waals surface area contributed by atoms with Gasteiger partial charge < -0.3 is 0 Å². The van der Waals surface area contributed by atoms with E-state index < -0.39 is 0 Å². The van der Waals surface area contributed by atoms with Crippen molar-refractivity contribution in [2.75, 3.05) is 0 Å². The lowest BCUT2D eigenvalue weighted by atomic mass is 10.0. The van der Waals surface area contributed by atoms with E-state index in [9.17, 15) is 0 Å². The zero-order valence-electron chi connectivity index (χ0n) is 11.8. The molecule has 17 heavy (non-hydrogen) atoms. The molecule has 0 aromatic heterocycles. The molecule has 102 valence electrons. The SMILES string of the molecule is C=C(Br)CCCCCCCCCCCCCC. The van der Waals surface area contributed by atoms with Gasteiger partial charge in [0, 0.05) is 0 Å². The fraction of sp³-hybridized carbons (Fsp3) is 0.875. The Morgan fingerprint density at radius 1 is 0.706 bits per heavy atom. The molecule has 0 aromatic rings. The third-order valence-electron chi connectivity index (χ3n) is 3.30. The van der Waals surface area contributed by atoms with Crippen LogP contribution in [0.1, 0.15) is 90.4 Å². The van der Waals surface area contributed by atoms with Crippen molar-refractivity contribution in [3.63, 3.8) is 0 Å².